The van der Waals surface area contributed by atoms with Crippen LogP contribution in [-0.2, 0) is 0 Å². The topological polar surface area (TPSA) is 64.9 Å². The summed E-state index contributed by atoms with van der Waals surface area (Å²) in [6, 6.07) is 0. The van der Waals surface area contributed by atoms with E-state index in [2.05, 4.69) is 17.1 Å². The Morgan fingerprint density at radius 3 is 2.59 bits per heavy atom. The molecule has 1 fully saturated rings. The summed E-state index contributed by atoms with van der Waals surface area (Å²) in [4.78, 5) is 4.56. The summed E-state index contributed by atoms with van der Waals surface area (Å²) in [5, 5.41) is 4.16. The molecule has 0 spiro atoms. The number of hydrogen-bond acceptors (Lipinski definition) is 4. The van der Waals surface area contributed by atoms with Crippen LogP contribution in [0.1, 0.15) is 75.4 Å². The van der Waals surface area contributed by atoms with Crippen LogP contribution < -0.4 is 5.73 Å². The molecule has 0 saturated heterocycles. The lowest BCUT2D eigenvalue weighted by Gasteiger charge is -2.08. The van der Waals surface area contributed by atoms with Gasteiger partial charge in [0.15, 0.2) is 5.82 Å². The first-order valence-electron chi connectivity index (χ1n) is 6.88. The average Bonchev–Trinajstić information content (AvgIpc) is 2.67. The van der Waals surface area contributed by atoms with Crippen molar-refractivity contribution in [3.8, 4) is 0 Å². The number of aromatic nitrogens is 2. The molecule has 1 unspecified atom stereocenters. The van der Waals surface area contributed by atoms with E-state index in [1.54, 1.807) is 0 Å². The minimum atomic E-state index is 0.224. The van der Waals surface area contributed by atoms with Crippen molar-refractivity contribution in [1.82, 2.24) is 10.1 Å². The molecule has 1 aliphatic rings. The highest BCUT2D eigenvalue weighted by atomic mass is 16.5. The van der Waals surface area contributed by atoms with Crippen molar-refractivity contribution in [1.29, 1.82) is 0 Å². The Hall–Kier alpha value is -0.900. The summed E-state index contributed by atoms with van der Waals surface area (Å²) in [7, 11) is 0. The summed E-state index contributed by atoms with van der Waals surface area (Å²) in [5.41, 5.74) is 5.70. The molecule has 2 rings (SSSR count). The summed E-state index contributed by atoms with van der Waals surface area (Å²) < 4.78 is 5.36. The monoisotopic (exact) mass is 237 g/mol. The lowest BCUT2D eigenvalue weighted by Crippen LogP contribution is -2.12. The van der Waals surface area contributed by atoms with Crippen LogP contribution in [0.15, 0.2) is 4.52 Å². The maximum atomic E-state index is 5.70. The molecule has 0 amide bonds. The predicted molar refractivity (Wildman–Crippen MR) is 66.8 cm³/mol. The van der Waals surface area contributed by atoms with Crippen LogP contribution in [0.25, 0.3) is 0 Å². The van der Waals surface area contributed by atoms with Gasteiger partial charge < -0.3 is 10.3 Å². The number of rotatable bonds is 4. The fraction of sp³-hybridized carbons (Fsp3) is 0.846. The van der Waals surface area contributed by atoms with Gasteiger partial charge in [-0.15, -0.1) is 0 Å². The van der Waals surface area contributed by atoms with Gasteiger partial charge in [0.2, 0.25) is 5.89 Å². The molecule has 1 heterocycles. The normalized spacial score (nSPS) is 20.1. The number of nitrogens with zero attached hydrogens (tertiary/aromatic N) is 2. The maximum Gasteiger partial charge on any atom is 0.231 e. The first-order valence-corrected chi connectivity index (χ1v) is 6.88. The van der Waals surface area contributed by atoms with E-state index in [1.807, 2.05) is 0 Å². The highest BCUT2D eigenvalue weighted by Gasteiger charge is 2.22. The Labute approximate surface area is 103 Å². The lowest BCUT2D eigenvalue weighted by molar-refractivity contribution is 0.344. The molecule has 2 N–H and O–H groups in total. The standard InChI is InChI=1S/C13H23N3O/c1-2-10(9-14)13-15-12(16-17-13)11-7-5-3-4-6-8-11/h10-11H,2-9,14H2,1H3. The van der Waals surface area contributed by atoms with E-state index in [4.69, 9.17) is 10.3 Å². The molecule has 0 aromatic carbocycles. The van der Waals surface area contributed by atoms with E-state index in [-0.39, 0.29) is 5.92 Å². The molecule has 96 valence electrons. The van der Waals surface area contributed by atoms with Gasteiger partial charge in [-0.2, -0.15) is 4.98 Å². The van der Waals surface area contributed by atoms with Gasteiger partial charge in [0.05, 0.1) is 5.92 Å². The molecule has 1 aromatic rings. The Bertz CT molecular complexity index is 325. The van der Waals surface area contributed by atoms with Gasteiger partial charge in [0, 0.05) is 12.5 Å². The Balaban J connectivity index is 2.05. The molecule has 0 radical (unpaired) electrons. The molecular weight excluding hydrogens is 214 g/mol. The van der Waals surface area contributed by atoms with E-state index < -0.39 is 0 Å². The molecule has 17 heavy (non-hydrogen) atoms. The fourth-order valence-electron chi connectivity index (χ4n) is 2.56. The van der Waals surface area contributed by atoms with E-state index in [9.17, 15) is 0 Å². The first kappa shape index (κ1) is 12.6. The van der Waals surface area contributed by atoms with Crippen molar-refractivity contribution in [3.63, 3.8) is 0 Å². The summed E-state index contributed by atoms with van der Waals surface area (Å²) in [6.45, 7) is 2.69. The average molecular weight is 237 g/mol. The molecule has 4 nitrogen and oxygen atoms in total. The van der Waals surface area contributed by atoms with Crippen molar-refractivity contribution >= 4 is 0 Å². The highest BCUT2D eigenvalue weighted by Crippen LogP contribution is 2.30. The largest absolute Gasteiger partial charge is 0.339 e. The van der Waals surface area contributed by atoms with Crippen LogP contribution in [0.5, 0.6) is 0 Å². The Kier molecular flexibility index (Phi) is 4.54. The van der Waals surface area contributed by atoms with E-state index in [0.29, 0.717) is 12.5 Å². The van der Waals surface area contributed by atoms with E-state index >= 15 is 0 Å². The molecule has 1 aromatic heterocycles. The summed E-state index contributed by atoms with van der Waals surface area (Å²) in [5.74, 6) is 2.37. The second-order valence-electron chi connectivity index (χ2n) is 5.02. The fourth-order valence-corrected chi connectivity index (χ4v) is 2.56. The van der Waals surface area contributed by atoms with Crippen molar-refractivity contribution in [2.45, 2.75) is 63.7 Å². The molecular formula is C13H23N3O. The van der Waals surface area contributed by atoms with Gasteiger partial charge >= 0.3 is 0 Å². The third-order valence-corrected chi connectivity index (χ3v) is 3.80. The zero-order valence-corrected chi connectivity index (χ0v) is 10.7. The maximum absolute atomic E-state index is 5.70. The summed E-state index contributed by atoms with van der Waals surface area (Å²) >= 11 is 0. The predicted octanol–water partition coefficient (Wildman–Crippen LogP) is 2.96. The third-order valence-electron chi connectivity index (χ3n) is 3.80. The van der Waals surface area contributed by atoms with Gasteiger partial charge in [-0.05, 0) is 19.3 Å². The third kappa shape index (κ3) is 3.06. The van der Waals surface area contributed by atoms with Crippen molar-refractivity contribution in [3.05, 3.63) is 11.7 Å². The highest BCUT2D eigenvalue weighted by molar-refractivity contribution is 5.00. The van der Waals surface area contributed by atoms with Gasteiger partial charge in [0.1, 0.15) is 0 Å². The second-order valence-corrected chi connectivity index (χ2v) is 5.02. The molecule has 1 saturated carbocycles. The summed E-state index contributed by atoms with van der Waals surface area (Å²) in [6.07, 6.45) is 8.66. The zero-order chi connectivity index (χ0) is 12.1. The van der Waals surface area contributed by atoms with Crippen LogP contribution >= 0.6 is 0 Å². The minimum Gasteiger partial charge on any atom is -0.339 e. The van der Waals surface area contributed by atoms with Gasteiger partial charge in [0.25, 0.3) is 0 Å². The lowest BCUT2D eigenvalue weighted by atomic mass is 10.00. The Morgan fingerprint density at radius 1 is 1.29 bits per heavy atom. The molecule has 0 bridgehead atoms. The van der Waals surface area contributed by atoms with Crippen molar-refractivity contribution < 1.29 is 4.52 Å². The quantitative estimate of drug-likeness (QED) is 0.818. The Morgan fingerprint density at radius 2 is 2.00 bits per heavy atom. The molecule has 4 heteroatoms. The molecule has 1 atom stereocenters. The number of nitrogens with two attached hydrogens (primary N) is 1. The smallest absolute Gasteiger partial charge is 0.231 e. The zero-order valence-electron chi connectivity index (χ0n) is 10.7. The van der Waals surface area contributed by atoms with Crippen LogP contribution in [0.3, 0.4) is 0 Å². The minimum absolute atomic E-state index is 0.224. The van der Waals surface area contributed by atoms with E-state index in [0.717, 1.165) is 18.1 Å². The van der Waals surface area contributed by atoms with Crippen LogP contribution in [-0.4, -0.2) is 16.7 Å². The van der Waals surface area contributed by atoms with E-state index in [1.165, 1.54) is 38.5 Å². The molecule has 1 aliphatic carbocycles. The first-order chi connectivity index (χ1) is 8.35. The molecule has 0 aliphatic heterocycles. The van der Waals surface area contributed by atoms with Gasteiger partial charge in [-0.1, -0.05) is 37.8 Å². The van der Waals surface area contributed by atoms with Crippen LogP contribution in [0.4, 0.5) is 0 Å². The second kappa shape index (κ2) is 6.15. The van der Waals surface area contributed by atoms with Crippen LogP contribution in [0.2, 0.25) is 0 Å². The van der Waals surface area contributed by atoms with Crippen molar-refractivity contribution in [2.24, 2.45) is 5.73 Å². The van der Waals surface area contributed by atoms with Crippen LogP contribution in [0, 0.1) is 0 Å². The SMILES string of the molecule is CCC(CN)c1nc(C2CCCCCC2)no1. The number of hydrogen-bond donors (Lipinski definition) is 1. The van der Waals surface area contributed by atoms with Gasteiger partial charge in [-0.3, -0.25) is 0 Å². The van der Waals surface area contributed by atoms with Crippen molar-refractivity contribution in [2.75, 3.05) is 6.54 Å². The van der Waals surface area contributed by atoms with Gasteiger partial charge in [-0.25, -0.2) is 0 Å².